The molecule has 0 aromatic heterocycles. The van der Waals surface area contributed by atoms with E-state index in [-0.39, 0.29) is 6.09 Å². The van der Waals surface area contributed by atoms with E-state index in [1.165, 1.54) is 13.0 Å². The van der Waals surface area contributed by atoms with Gasteiger partial charge in [-0.15, -0.1) is 0 Å². The summed E-state index contributed by atoms with van der Waals surface area (Å²) in [6.07, 6.45) is 1.99. The van der Waals surface area contributed by atoms with Crippen LogP contribution in [0.2, 0.25) is 0 Å². The van der Waals surface area contributed by atoms with Crippen molar-refractivity contribution in [3.8, 4) is 0 Å². The van der Waals surface area contributed by atoms with Crippen LogP contribution in [0.5, 0.6) is 0 Å². The van der Waals surface area contributed by atoms with E-state index in [0.29, 0.717) is 12.5 Å². The third-order valence-corrected chi connectivity index (χ3v) is 3.88. The van der Waals surface area contributed by atoms with Crippen LogP contribution in [0.3, 0.4) is 0 Å². The highest BCUT2D eigenvalue weighted by atomic mass is 16.5. The summed E-state index contributed by atoms with van der Waals surface area (Å²) < 4.78 is 5.36. The molecule has 20 heavy (non-hydrogen) atoms. The summed E-state index contributed by atoms with van der Waals surface area (Å²) in [6, 6.07) is 7.71. The van der Waals surface area contributed by atoms with Gasteiger partial charge in [0.15, 0.2) is 0 Å². The number of carbonyl (C=O) groups excluding carboxylic acids is 1. The number of anilines is 1. The van der Waals surface area contributed by atoms with Crippen molar-refractivity contribution in [2.75, 3.05) is 31.6 Å². The van der Waals surface area contributed by atoms with Gasteiger partial charge in [-0.25, -0.2) is 4.79 Å². The second-order valence-corrected chi connectivity index (χ2v) is 5.44. The largest absolute Gasteiger partial charge is 0.449 e. The quantitative estimate of drug-likeness (QED) is 0.917. The van der Waals surface area contributed by atoms with Crippen molar-refractivity contribution in [2.24, 2.45) is 5.92 Å². The number of benzene rings is 1. The first-order chi connectivity index (χ1) is 9.69. The Morgan fingerprint density at radius 3 is 3.00 bits per heavy atom. The summed E-state index contributed by atoms with van der Waals surface area (Å²) >= 11 is 0. The maximum absolute atomic E-state index is 11.8. The second-order valence-electron chi connectivity index (χ2n) is 5.44. The maximum atomic E-state index is 11.8. The number of likely N-dealkylation sites (tertiary alicyclic amines) is 1. The van der Waals surface area contributed by atoms with Crippen molar-refractivity contribution in [1.82, 2.24) is 4.90 Å². The molecule has 1 atom stereocenters. The molecule has 1 saturated heterocycles. The van der Waals surface area contributed by atoms with Gasteiger partial charge < -0.3 is 9.64 Å². The molecule has 0 radical (unpaired) electrons. The minimum absolute atomic E-state index is 0.354. The lowest BCUT2D eigenvalue weighted by Crippen LogP contribution is -2.37. The molecule has 0 bridgehead atoms. The molecule has 2 rings (SSSR count). The number of ether oxygens (including phenoxy) is 1. The SMILES string of the molecule is CCN1CCCC(COC(=O)Nc2ccccc2C)C1. The summed E-state index contributed by atoms with van der Waals surface area (Å²) in [7, 11) is 0. The average molecular weight is 276 g/mol. The Hall–Kier alpha value is -1.55. The van der Waals surface area contributed by atoms with Crippen molar-refractivity contribution in [2.45, 2.75) is 26.7 Å². The van der Waals surface area contributed by atoms with Gasteiger partial charge in [0.1, 0.15) is 0 Å². The number of amides is 1. The maximum Gasteiger partial charge on any atom is 0.411 e. The van der Waals surface area contributed by atoms with E-state index in [1.54, 1.807) is 0 Å². The number of carbonyl (C=O) groups is 1. The van der Waals surface area contributed by atoms with Gasteiger partial charge in [-0.1, -0.05) is 25.1 Å². The highest BCUT2D eigenvalue weighted by molar-refractivity contribution is 5.85. The minimum Gasteiger partial charge on any atom is -0.449 e. The molecule has 4 nitrogen and oxygen atoms in total. The van der Waals surface area contributed by atoms with Crippen molar-refractivity contribution in [1.29, 1.82) is 0 Å². The zero-order valence-corrected chi connectivity index (χ0v) is 12.4. The molecule has 1 amide bonds. The lowest BCUT2D eigenvalue weighted by Gasteiger charge is -2.31. The molecule has 1 fully saturated rings. The molecule has 0 saturated carbocycles. The van der Waals surface area contributed by atoms with E-state index >= 15 is 0 Å². The van der Waals surface area contributed by atoms with Crippen LogP contribution in [0, 0.1) is 12.8 Å². The molecule has 1 unspecified atom stereocenters. The van der Waals surface area contributed by atoms with Gasteiger partial charge in [0.2, 0.25) is 0 Å². The lowest BCUT2D eigenvalue weighted by atomic mass is 9.99. The van der Waals surface area contributed by atoms with Crippen LogP contribution in [0.4, 0.5) is 10.5 Å². The van der Waals surface area contributed by atoms with Crippen molar-refractivity contribution >= 4 is 11.8 Å². The number of rotatable bonds is 4. The van der Waals surface area contributed by atoms with Gasteiger partial charge in [0, 0.05) is 18.2 Å². The lowest BCUT2D eigenvalue weighted by molar-refractivity contribution is 0.0997. The van der Waals surface area contributed by atoms with Crippen LogP contribution in [0.1, 0.15) is 25.3 Å². The number of piperidine rings is 1. The molecule has 1 aromatic rings. The summed E-state index contributed by atoms with van der Waals surface area (Å²) in [6.45, 7) is 7.93. The molecule has 4 heteroatoms. The molecule has 110 valence electrons. The minimum atomic E-state index is -0.354. The average Bonchev–Trinajstić information content (AvgIpc) is 2.48. The molecule has 1 aliphatic heterocycles. The highest BCUT2D eigenvalue weighted by Crippen LogP contribution is 2.17. The van der Waals surface area contributed by atoms with E-state index in [0.717, 1.165) is 30.8 Å². The summed E-state index contributed by atoms with van der Waals surface area (Å²) in [5.74, 6) is 0.464. The first kappa shape index (κ1) is 14.9. The predicted octanol–water partition coefficient (Wildman–Crippen LogP) is 3.28. The molecule has 1 heterocycles. The summed E-state index contributed by atoms with van der Waals surface area (Å²) in [4.78, 5) is 14.2. The van der Waals surface area contributed by atoms with Crippen LogP contribution >= 0.6 is 0 Å². The van der Waals surface area contributed by atoms with Crippen molar-refractivity contribution in [3.63, 3.8) is 0 Å². The molecule has 1 aliphatic rings. The van der Waals surface area contributed by atoms with Crippen LogP contribution in [0.15, 0.2) is 24.3 Å². The Kier molecular flexibility index (Phi) is 5.41. The fourth-order valence-electron chi connectivity index (χ4n) is 2.63. The van der Waals surface area contributed by atoms with Crippen LogP contribution in [0.25, 0.3) is 0 Å². The Bertz CT molecular complexity index is 448. The molecule has 1 N–H and O–H groups in total. The normalized spacial score (nSPS) is 19.6. The standard InChI is InChI=1S/C16H24N2O2/c1-3-18-10-6-8-14(11-18)12-20-16(19)17-15-9-5-4-7-13(15)2/h4-5,7,9,14H,3,6,8,10-12H2,1-2H3,(H,17,19). The Morgan fingerprint density at radius 2 is 2.25 bits per heavy atom. The van der Waals surface area contributed by atoms with Crippen molar-refractivity contribution < 1.29 is 9.53 Å². The van der Waals surface area contributed by atoms with Crippen LogP contribution in [-0.2, 0) is 4.74 Å². The fraction of sp³-hybridized carbons (Fsp3) is 0.562. The summed E-state index contributed by atoms with van der Waals surface area (Å²) in [5, 5.41) is 2.80. The third kappa shape index (κ3) is 4.23. The molecular formula is C16H24N2O2. The smallest absolute Gasteiger partial charge is 0.411 e. The number of aryl methyl sites for hydroxylation is 1. The molecular weight excluding hydrogens is 252 g/mol. The number of para-hydroxylation sites is 1. The van der Waals surface area contributed by atoms with E-state index in [9.17, 15) is 4.79 Å². The zero-order chi connectivity index (χ0) is 14.4. The van der Waals surface area contributed by atoms with Gasteiger partial charge >= 0.3 is 6.09 Å². The van der Waals surface area contributed by atoms with E-state index in [1.807, 2.05) is 31.2 Å². The monoisotopic (exact) mass is 276 g/mol. The van der Waals surface area contributed by atoms with Gasteiger partial charge in [-0.2, -0.15) is 0 Å². The van der Waals surface area contributed by atoms with Gasteiger partial charge in [0.05, 0.1) is 6.61 Å². The predicted molar refractivity (Wildman–Crippen MR) is 81.0 cm³/mol. The van der Waals surface area contributed by atoms with Crippen LogP contribution in [-0.4, -0.2) is 37.2 Å². The molecule has 0 aliphatic carbocycles. The van der Waals surface area contributed by atoms with Crippen molar-refractivity contribution in [3.05, 3.63) is 29.8 Å². The van der Waals surface area contributed by atoms with E-state index in [4.69, 9.17) is 4.74 Å². The molecule has 1 aromatic carbocycles. The van der Waals surface area contributed by atoms with Gasteiger partial charge in [0.25, 0.3) is 0 Å². The number of nitrogens with one attached hydrogen (secondary N) is 1. The third-order valence-electron chi connectivity index (χ3n) is 3.88. The Labute approximate surface area is 121 Å². The Balaban J connectivity index is 1.76. The van der Waals surface area contributed by atoms with Gasteiger partial charge in [-0.3, -0.25) is 5.32 Å². The van der Waals surface area contributed by atoms with E-state index < -0.39 is 0 Å². The highest BCUT2D eigenvalue weighted by Gasteiger charge is 2.20. The molecule has 0 spiro atoms. The Morgan fingerprint density at radius 1 is 1.45 bits per heavy atom. The first-order valence-electron chi connectivity index (χ1n) is 7.40. The summed E-state index contributed by atoms with van der Waals surface area (Å²) in [5.41, 5.74) is 1.86. The second kappa shape index (κ2) is 7.29. The van der Waals surface area contributed by atoms with E-state index in [2.05, 4.69) is 17.1 Å². The topological polar surface area (TPSA) is 41.6 Å². The first-order valence-corrected chi connectivity index (χ1v) is 7.40. The van der Waals surface area contributed by atoms with Gasteiger partial charge in [-0.05, 0) is 44.5 Å². The number of nitrogens with zero attached hydrogens (tertiary/aromatic N) is 1. The fourth-order valence-corrected chi connectivity index (χ4v) is 2.63. The number of hydrogen-bond donors (Lipinski definition) is 1. The number of hydrogen-bond acceptors (Lipinski definition) is 3. The van der Waals surface area contributed by atoms with Crippen LogP contribution < -0.4 is 5.32 Å². The zero-order valence-electron chi connectivity index (χ0n) is 12.4.